The zero-order valence-electron chi connectivity index (χ0n) is 37.3. The third-order valence-electron chi connectivity index (χ3n) is 10.6. The highest BCUT2D eigenvalue weighted by Gasteiger charge is 2.13. The second-order valence-corrected chi connectivity index (χ2v) is 14.7. The van der Waals surface area contributed by atoms with Crippen molar-refractivity contribution in [2.24, 2.45) is 4.99 Å². The van der Waals surface area contributed by atoms with Crippen molar-refractivity contribution >= 4 is 45.3 Å². The molecule has 9 aromatic rings. The zero-order valence-corrected chi connectivity index (χ0v) is 37.3. The van der Waals surface area contributed by atoms with Gasteiger partial charge in [-0.25, -0.2) is 4.99 Å². The van der Waals surface area contributed by atoms with Gasteiger partial charge in [-0.2, -0.15) is 0 Å². The van der Waals surface area contributed by atoms with Crippen molar-refractivity contribution in [3.8, 4) is 33.4 Å². The van der Waals surface area contributed by atoms with E-state index in [1.165, 1.54) is 49.5 Å². The molecular formula is C60H58N2. The van der Waals surface area contributed by atoms with Crippen LogP contribution in [0.2, 0.25) is 0 Å². The number of rotatable bonds is 6. The standard InChI is InChI=1S/C49H38N2.C7H8.2C2H6/c1-33-15-4-8-20-41(33)37-27-29-38(30-28-37)47-32-40(31-39-18-7-11-23-44(39)47)45-24-12-13-26-48(45)50-35(3)51-49(42-21-9-5-16-34(42)2)46-25-14-19-36-17-6-10-22-43(36)46;1-7-5-3-2-4-6-7;2*1-2/h4-32H,2H2,1,3H3,(H,50,51);2-6H,1H3;2*1-2H3/b49-42-;;;. The number of aryl methyl sites for hydroxylation is 2. The highest BCUT2D eigenvalue weighted by Crippen LogP contribution is 2.38. The first-order valence-electron chi connectivity index (χ1n) is 21.8. The van der Waals surface area contributed by atoms with Crippen LogP contribution in [0.15, 0.2) is 211 Å². The molecule has 0 fully saturated rings. The molecule has 0 unspecified atom stereocenters. The number of nitrogens with one attached hydrogen (secondary N) is 1. The van der Waals surface area contributed by atoms with Gasteiger partial charge in [-0.05, 0) is 99.1 Å². The molecule has 0 aromatic heterocycles. The molecule has 1 N–H and O–H groups in total. The smallest absolute Gasteiger partial charge is 0.103 e. The Morgan fingerprint density at radius 2 is 1.00 bits per heavy atom. The first-order valence-corrected chi connectivity index (χ1v) is 21.8. The van der Waals surface area contributed by atoms with Gasteiger partial charge in [-0.15, -0.1) is 0 Å². The van der Waals surface area contributed by atoms with Crippen molar-refractivity contribution in [2.75, 3.05) is 5.32 Å². The third-order valence-corrected chi connectivity index (χ3v) is 10.6. The van der Waals surface area contributed by atoms with Gasteiger partial charge in [0.1, 0.15) is 5.84 Å². The summed E-state index contributed by atoms with van der Waals surface area (Å²) in [6.45, 7) is 18.7. The molecule has 2 heteroatoms. The number of hydrogen-bond acceptors (Lipinski definition) is 1. The maximum atomic E-state index is 5.29. The second-order valence-electron chi connectivity index (χ2n) is 14.7. The van der Waals surface area contributed by atoms with Crippen LogP contribution in [0.4, 0.5) is 5.69 Å². The first-order chi connectivity index (χ1) is 30.4. The van der Waals surface area contributed by atoms with E-state index < -0.39 is 0 Å². The van der Waals surface area contributed by atoms with E-state index in [4.69, 9.17) is 4.99 Å². The number of amidine groups is 1. The summed E-state index contributed by atoms with van der Waals surface area (Å²) in [6.07, 6.45) is 0. The summed E-state index contributed by atoms with van der Waals surface area (Å²) in [5, 5.41) is 10.4. The molecule has 308 valence electrons. The van der Waals surface area contributed by atoms with Crippen LogP contribution in [0.3, 0.4) is 0 Å². The molecule has 0 aliphatic heterocycles. The molecular weight excluding hydrogens is 749 g/mol. The summed E-state index contributed by atoms with van der Waals surface area (Å²) >= 11 is 0. The predicted octanol–water partition coefficient (Wildman–Crippen LogP) is 15.4. The van der Waals surface area contributed by atoms with Gasteiger partial charge < -0.3 is 5.32 Å². The Balaban J connectivity index is 0.000000520. The minimum absolute atomic E-state index is 0.793. The van der Waals surface area contributed by atoms with E-state index in [9.17, 15) is 0 Å². The van der Waals surface area contributed by atoms with E-state index in [1.54, 1.807) is 0 Å². The fourth-order valence-electron chi connectivity index (χ4n) is 7.65. The van der Waals surface area contributed by atoms with Crippen LogP contribution in [-0.4, -0.2) is 5.84 Å². The van der Waals surface area contributed by atoms with Crippen LogP contribution >= 0.6 is 0 Å². The van der Waals surface area contributed by atoms with Gasteiger partial charge in [0.2, 0.25) is 0 Å². The first kappa shape index (κ1) is 44.3. The minimum Gasteiger partial charge on any atom is -0.343 e. The van der Waals surface area contributed by atoms with E-state index >= 15 is 0 Å². The van der Waals surface area contributed by atoms with Crippen molar-refractivity contribution in [3.05, 3.63) is 233 Å². The summed E-state index contributed by atoms with van der Waals surface area (Å²) in [6, 6.07) is 72.7. The van der Waals surface area contributed by atoms with Crippen LogP contribution in [0.1, 0.15) is 51.3 Å². The van der Waals surface area contributed by atoms with Gasteiger partial charge in [-0.3, -0.25) is 0 Å². The normalized spacial score (nSPS) is 11.2. The molecule has 0 atom stereocenters. The molecule has 2 nitrogen and oxygen atoms in total. The molecule has 0 heterocycles. The molecule has 0 saturated carbocycles. The monoisotopic (exact) mass is 806 g/mol. The maximum absolute atomic E-state index is 5.29. The van der Waals surface area contributed by atoms with E-state index in [-0.39, 0.29) is 0 Å². The van der Waals surface area contributed by atoms with E-state index in [2.05, 4.69) is 202 Å². The zero-order chi connectivity index (χ0) is 43.8. The fourth-order valence-corrected chi connectivity index (χ4v) is 7.65. The molecule has 9 rings (SSSR count). The highest BCUT2D eigenvalue weighted by molar-refractivity contribution is 6.05. The lowest BCUT2D eigenvalue weighted by Gasteiger charge is -2.16. The van der Waals surface area contributed by atoms with Crippen molar-refractivity contribution in [2.45, 2.75) is 48.5 Å². The number of anilines is 1. The SMILES string of the molecule is C=c1cccc/c1=C(/N=C(C)Nc1ccccc1-c1cc(-c2ccc(-c3ccccc3C)cc2)c2ccccc2c1)c1cccc2ccccc12.CC.CC.Cc1ccccc1. The van der Waals surface area contributed by atoms with E-state index in [1.807, 2.05) is 65.0 Å². The number of nitrogens with zero attached hydrogens (tertiary/aromatic N) is 1. The van der Waals surface area contributed by atoms with Crippen LogP contribution < -0.4 is 15.8 Å². The number of fused-ring (bicyclic) bond motifs is 2. The Kier molecular flexibility index (Phi) is 15.6. The Hall–Kier alpha value is -7.29. The maximum Gasteiger partial charge on any atom is 0.103 e. The largest absolute Gasteiger partial charge is 0.343 e. The summed E-state index contributed by atoms with van der Waals surface area (Å²) in [7, 11) is 0. The second kappa shape index (κ2) is 21.8. The summed E-state index contributed by atoms with van der Waals surface area (Å²) in [5.74, 6) is 0.793. The number of hydrogen-bond donors (Lipinski definition) is 1. The molecule has 62 heavy (non-hydrogen) atoms. The lowest BCUT2D eigenvalue weighted by molar-refractivity contribution is 1.40. The number of benzene rings is 9. The Morgan fingerprint density at radius 3 is 1.68 bits per heavy atom. The van der Waals surface area contributed by atoms with E-state index in [0.717, 1.165) is 49.7 Å². The molecule has 0 bridgehead atoms. The van der Waals surface area contributed by atoms with Crippen molar-refractivity contribution in [3.63, 3.8) is 0 Å². The van der Waals surface area contributed by atoms with Gasteiger partial charge >= 0.3 is 0 Å². The van der Waals surface area contributed by atoms with Gasteiger partial charge in [0, 0.05) is 22.0 Å². The lowest BCUT2D eigenvalue weighted by Crippen LogP contribution is -2.25. The predicted molar refractivity (Wildman–Crippen MR) is 273 cm³/mol. The molecule has 9 aromatic carbocycles. The molecule has 0 saturated heterocycles. The van der Waals surface area contributed by atoms with Crippen LogP contribution in [0, 0.1) is 13.8 Å². The van der Waals surface area contributed by atoms with Crippen molar-refractivity contribution < 1.29 is 0 Å². The molecule has 0 aliphatic carbocycles. The van der Waals surface area contributed by atoms with Crippen molar-refractivity contribution in [1.82, 2.24) is 0 Å². The van der Waals surface area contributed by atoms with Gasteiger partial charge in [0.15, 0.2) is 0 Å². The lowest BCUT2D eigenvalue weighted by atomic mass is 9.91. The fraction of sp³-hybridized carbons (Fsp3) is 0.117. The highest BCUT2D eigenvalue weighted by atomic mass is 15.0. The van der Waals surface area contributed by atoms with Gasteiger partial charge in [0.05, 0.1) is 5.70 Å². The summed E-state index contributed by atoms with van der Waals surface area (Å²) in [4.78, 5) is 5.29. The van der Waals surface area contributed by atoms with Crippen molar-refractivity contribution in [1.29, 1.82) is 0 Å². The van der Waals surface area contributed by atoms with Crippen LogP contribution in [0.25, 0.3) is 67.2 Å². The Labute approximate surface area is 369 Å². The minimum atomic E-state index is 0.793. The molecule has 0 spiro atoms. The number of para-hydroxylation sites is 1. The molecule has 0 radical (unpaired) electrons. The quantitative estimate of drug-likeness (QED) is 0.131. The van der Waals surface area contributed by atoms with Crippen LogP contribution in [-0.2, 0) is 0 Å². The topological polar surface area (TPSA) is 24.4 Å². The summed E-state index contributed by atoms with van der Waals surface area (Å²) < 4.78 is 0. The third kappa shape index (κ3) is 10.5. The molecule has 0 amide bonds. The Bertz CT molecular complexity index is 3010. The number of aliphatic imine (C=N–C) groups is 1. The van der Waals surface area contributed by atoms with Gasteiger partial charge in [-0.1, -0.05) is 228 Å². The van der Waals surface area contributed by atoms with E-state index in [0.29, 0.717) is 0 Å². The van der Waals surface area contributed by atoms with Gasteiger partial charge in [0.25, 0.3) is 0 Å². The van der Waals surface area contributed by atoms with Crippen LogP contribution in [0.5, 0.6) is 0 Å². The Morgan fingerprint density at radius 1 is 0.452 bits per heavy atom. The average molecular weight is 807 g/mol. The summed E-state index contributed by atoms with van der Waals surface area (Å²) in [5.41, 5.74) is 12.7. The molecule has 0 aliphatic rings. The average Bonchev–Trinajstić information content (AvgIpc) is 3.33.